The predicted molar refractivity (Wildman–Crippen MR) is 110 cm³/mol. The van der Waals surface area contributed by atoms with Crippen LogP contribution in [0.3, 0.4) is 0 Å². The van der Waals surface area contributed by atoms with Crippen LogP contribution in [0.15, 0.2) is 54.9 Å². The van der Waals surface area contributed by atoms with Crippen molar-refractivity contribution in [2.24, 2.45) is 5.92 Å². The van der Waals surface area contributed by atoms with Gasteiger partial charge in [0, 0.05) is 6.20 Å². The number of nitrogens with one attached hydrogen (secondary N) is 1. The predicted octanol–water partition coefficient (Wildman–Crippen LogP) is 5.26. The van der Waals surface area contributed by atoms with Gasteiger partial charge in [0.05, 0.1) is 29.1 Å². The highest BCUT2D eigenvalue weighted by atomic mass is 19.4. The molecule has 162 valence electrons. The highest BCUT2D eigenvalue weighted by Gasteiger charge is 2.31. The average Bonchev–Trinajstić information content (AvgIpc) is 3.42. The quantitative estimate of drug-likeness (QED) is 0.603. The van der Waals surface area contributed by atoms with Gasteiger partial charge in [0.15, 0.2) is 5.82 Å². The fourth-order valence-corrected chi connectivity index (χ4v) is 4.19. The third kappa shape index (κ3) is 4.47. The SMILES string of the molecule is Cc1c(C(=O)NC(c2ccccc2)C2CCCC2)cnn1-c1ccc(C(F)(F)F)cn1. The first-order valence-corrected chi connectivity index (χ1v) is 10.3. The molecule has 1 atom stereocenters. The summed E-state index contributed by atoms with van der Waals surface area (Å²) in [6.45, 7) is 1.70. The summed E-state index contributed by atoms with van der Waals surface area (Å²) in [6.07, 6.45) is 2.17. The minimum Gasteiger partial charge on any atom is -0.345 e. The van der Waals surface area contributed by atoms with E-state index >= 15 is 0 Å². The lowest BCUT2D eigenvalue weighted by atomic mass is 9.91. The molecule has 1 N–H and O–H groups in total. The van der Waals surface area contributed by atoms with Gasteiger partial charge in [-0.15, -0.1) is 0 Å². The number of aromatic nitrogens is 3. The minimum absolute atomic E-state index is 0.0943. The zero-order valence-corrected chi connectivity index (χ0v) is 17.1. The number of alkyl halides is 3. The van der Waals surface area contributed by atoms with Crippen molar-refractivity contribution in [1.82, 2.24) is 20.1 Å². The third-order valence-electron chi connectivity index (χ3n) is 5.86. The molecule has 0 saturated heterocycles. The van der Waals surface area contributed by atoms with E-state index < -0.39 is 11.7 Å². The summed E-state index contributed by atoms with van der Waals surface area (Å²) in [6, 6.07) is 12.0. The summed E-state index contributed by atoms with van der Waals surface area (Å²) in [5, 5.41) is 7.35. The van der Waals surface area contributed by atoms with Crippen molar-refractivity contribution in [2.45, 2.75) is 44.8 Å². The minimum atomic E-state index is -4.46. The van der Waals surface area contributed by atoms with E-state index in [1.165, 1.54) is 16.9 Å². The van der Waals surface area contributed by atoms with Gasteiger partial charge in [-0.25, -0.2) is 9.67 Å². The first kappa shape index (κ1) is 21.1. The second kappa shape index (κ2) is 8.53. The van der Waals surface area contributed by atoms with Crippen LogP contribution >= 0.6 is 0 Å². The van der Waals surface area contributed by atoms with Crippen LogP contribution < -0.4 is 5.32 Å². The maximum atomic E-state index is 13.1. The summed E-state index contributed by atoms with van der Waals surface area (Å²) < 4.78 is 39.7. The summed E-state index contributed by atoms with van der Waals surface area (Å²) in [5.74, 6) is 0.342. The van der Waals surface area contributed by atoms with Crippen LogP contribution in [0.25, 0.3) is 5.82 Å². The summed E-state index contributed by atoms with van der Waals surface area (Å²) in [7, 11) is 0. The van der Waals surface area contributed by atoms with E-state index in [1.807, 2.05) is 30.3 Å². The monoisotopic (exact) mass is 428 g/mol. The fourth-order valence-electron chi connectivity index (χ4n) is 4.19. The number of pyridine rings is 1. The molecule has 1 aromatic carbocycles. The molecule has 8 heteroatoms. The molecule has 0 spiro atoms. The highest BCUT2D eigenvalue weighted by Crippen LogP contribution is 2.36. The van der Waals surface area contributed by atoms with Gasteiger partial charge in [0.25, 0.3) is 5.91 Å². The van der Waals surface area contributed by atoms with Crippen molar-refractivity contribution in [3.63, 3.8) is 0 Å². The molecule has 1 amide bonds. The lowest BCUT2D eigenvalue weighted by Gasteiger charge is -2.25. The van der Waals surface area contributed by atoms with E-state index in [9.17, 15) is 18.0 Å². The summed E-state index contributed by atoms with van der Waals surface area (Å²) >= 11 is 0. The van der Waals surface area contributed by atoms with Gasteiger partial charge in [-0.3, -0.25) is 4.79 Å². The molecule has 1 aliphatic rings. The molecule has 0 bridgehead atoms. The Hall–Kier alpha value is -3.16. The van der Waals surface area contributed by atoms with Crippen molar-refractivity contribution in [1.29, 1.82) is 0 Å². The van der Waals surface area contributed by atoms with E-state index in [1.54, 1.807) is 6.92 Å². The number of benzene rings is 1. The molecule has 1 aliphatic carbocycles. The fraction of sp³-hybridized carbons (Fsp3) is 0.348. The van der Waals surface area contributed by atoms with Gasteiger partial charge in [-0.1, -0.05) is 43.2 Å². The number of carbonyl (C=O) groups is 1. The maximum Gasteiger partial charge on any atom is 0.417 e. The number of amides is 1. The molecule has 1 unspecified atom stereocenters. The van der Waals surface area contributed by atoms with Gasteiger partial charge < -0.3 is 5.32 Å². The Balaban J connectivity index is 1.57. The first-order chi connectivity index (χ1) is 14.8. The van der Waals surface area contributed by atoms with E-state index in [4.69, 9.17) is 0 Å². The van der Waals surface area contributed by atoms with Gasteiger partial charge in [0.1, 0.15) is 0 Å². The summed E-state index contributed by atoms with van der Waals surface area (Å²) in [4.78, 5) is 17.0. The van der Waals surface area contributed by atoms with Gasteiger partial charge in [-0.05, 0) is 43.4 Å². The zero-order chi connectivity index (χ0) is 22.0. The molecular formula is C23H23F3N4O. The third-order valence-corrected chi connectivity index (χ3v) is 5.86. The molecule has 1 saturated carbocycles. The van der Waals surface area contributed by atoms with Crippen molar-refractivity contribution in [3.8, 4) is 5.82 Å². The maximum absolute atomic E-state index is 13.1. The second-order valence-corrected chi connectivity index (χ2v) is 7.86. The van der Waals surface area contributed by atoms with E-state index in [-0.39, 0.29) is 17.8 Å². The second-order valence-electron chi connectivity index (χ2n) is 7.86. The molecule has 2 aromatic heterocycles. The van der Waals surface area contributed by atoms with Crippen LogP contribution in [0, 0.1) is 12.8 Å². The molecule has 0 aliphatic heterocycles. The standard InChI is InChI=1S/C23H23F3N4O/c1-15-19(14-28-30(15)20-12-11-18(13-27-20)23(24,25)26)22(31)29-21(17-9-5-6-10-17)16-7-3-2-4-8-16/h2-4,7-8,11-14,17,21H,5-6,9-10H2,1H3,(H,29,31). The Kier molecular flexibility index (Phi) is 5.80. The molecule has 1 fully saturated rings. The van der Waals surface area contributed by atoms with Crippen LogP contribution in [0.5, 0.6) is 0 Å². The Bertz CT molecular complexity index is 1040. The van der Waals surface area contributed by atoms with Crippen LogP contribution in [0.1, 0.15) is 58.9 Å². The number of carbonyl (C=O) groups excluding carboxylic acids is 1. The van der Waals surface area contributed by atoms with Gasteiger partial charge in [-0.2, -0.15) is 18.3 Å². The number of nitrogens with zero attached hydrogens (tertiary/aromatic N) is 3. The molecular weight excluding hydrogens is 405 g/mol. The number of halogens is 3. The van der Waals surface area contributed by atoms with Gasteiger partial charge >= 0.3 is 6.18 Å². The van der Waals surface area contributed by atoms with Crippen LogP contribution in [0.4, 0.5) is 13.2 Å². The highest BCUT2D eigenvalue weighted by molar-refractivity contribution is 5.95. The van der Waals surface area contributed by atoms with Crippen molar-refractivity contribution in [3.05, 3.63) is 77.2 Å². The zero-order valence-electron chi connectivity index (χ0n) is 17.1. The van der Waals surface area contributed by atoms with Crippen molar-refractivity contribution in [2.75, 3.05) is 0 Å². The van der Waals surface area contributed by atoms with Gasteiger partial charge in [0.2, 0.25) is 0 Å². The van der Waals surface area contributed by atoms with Crippen LogP contribution in [0.2, 0.25) is 0 Å². The lowest BCUT2D eigenvalue weighted by molar-refractivity contribution is -0.137. The van der Waals surface area contributed by atoms with E-state index in [2.05, 4.69) is 15.4 Å². The normalized spacial score (nSPS) is 15.7. The molecule has 31 heavy (non-hydrogen) atoms. The lowest BCUT2D eigenvalue weighted by Crippen LogP contribution is -2.33. The molecule has 3 aromatic rings. The van der Waals surface area contributed by atoms with Crippen molar-refractivity contribution < 1.29 is 18.0 Å². The summed E-state index contributed by atoms with van der Waals surface area (Å²) in [5.41, 5.74) is 1.13. The van der Waals surface area contributed by atoms with Crippen LogP contribution in [-0.2, 0) is 6.18 Å². The largest absolute Gasteiger partial charge is 0.417 e. The Labute approximate surface area is 178 Å². The Morgan fingerprint density at radius 3 is 2.42 bits per heavy atom. The van der Waals surface area contributed by atoms with Crippen molar-refractivity contribution >= 4 is 5.91 Å². The topological polar surface area (TPSA) is 59.8 Å². The van der Waals surface area contributed by atoms with E-state index in [0.717, 1.165) is 43.5 Å². The number of hydrogen-bond donors (Lipinski definition) is 1. The Morgan fingerprint density at radius 2 is 1.81 bits per heavy atom. The smallest absolute Gasteiger partial charge is 0.345 e. The number of hydrogen-bond acceptors (Lipinski definition) is 3. The number of rotatable bonds is 5. The molecule has 5 nitrogen and oxygen atoms in total. The van der Waals surface area contributed by atoms with E-state index in [0.29, 0.717) is 17.2 Å². The average molecular weight is 428 g/mol. The Morgan fingerprint density at radius 1 is 1.10 bits per heavy atom. The molecule has 0 radical (unpaired) electrons. The first-order valence-electron chi connectivity index (χ1n) is 10.3. The molecule has 4 rings (SSSR count). The van der Waals surface area contributed by atoms with Crippen LogP contribution in [-0.4, -0.2) is 20.7 Å². The molecule has 2 heterocycles.